The number of aliphatic hydroxyl groups is 2. The van der Waals surface area contributed by atoms with Crippen molar-refractivity contribution in [1.29, 1.82) is 0 Å². The number of benzene rings is 6. The number of anilines is 6. The van der Waals surface area contributed by atoms with Gasteiger partial charge in [-0.3, -0.25) is 0 Å². The lowest BCUT2D eigenvalue weighted by Gasteiger charge is -2.26. The SMILES string of the molecule is Cc1ccc(N(c2ccc(C)cc2)c2ccc(-c3ccc(N(c4ccc(OC(C)O)cc4)c4ccc(OC(C)O)cc4)cc3)cc2)cc1. The number of hydrogen-bond donors (Lipinski definition) is 2. The monoisotopic (exact) mass is 636 g/mol. The number of aliphatic hydroxyl groups excluding tert-OH is 2. The number of nitrogens with zero attached hydrogens (tertiary/aromatic N) is 2. The molecule has 0 spiro atoms. The van der Waals surface area contributed by atoms with E-state index in [9.17, 15) is 10.2 Å². The van der Waals surface area contributed by atoms with Crippen LogP contribution in [0.25, 0.3) is 11.1 Å². The molecule has 0 fully saturated rings. The lowest BCUT2D eigenvalue weighted by Crippen LogP contribution is -2.12. The first-order valence-electron chi connectivity index (χ1n) is 16.1. The van der Waals surface area contributed by atoms with Gasteiger partial charge in [0.1, 0.15) is 11.5 Å². The molecule has 0 saturated heterocycles. The highest BCUT2D eigenvalue weighted by atomic mass is 16.6. The fraction of sp³-hybridized carbons (Fsp3) is 0.143. The highest BCUT2D eigenvalue weighted by Crippen LogP contribution is 2.39. The van der Waals surface area contributed by atoms with Crippen LogP contribution in [0.1, 0.15) is 25.0 Å². The molecule has 0 aliphatic heterocycles. The van der Waals surface area contributed by atoms with Gasteiger partial charge in [0, 0.05) is 34.1 Å². The molecular formula is C42H40N2O4. The standard InChI is InChI=1S/C42H40N2O4/c1-29-5-13-35(14-6-29)43(36-15-7-30(2)8-16-36)37-17-9-33(10-18-37)34-11-19-38(20-12-34)44(39-21-25-41(26-22-39)47-31(3)45)40-23-27-42(28-24-40)48-32(4)46/h5-28,31-32,45-46H,1-4H3. The molecule has 242 valence electrons. The predicted molar refractivity (Wildman–Crippen MR) is 195 cm³/mol. The molecular weight excluding hydrogens is 596 g/mol. The Hall–Kier alpha value is -5.56. The molecule has 0 aliphatic rings. The van der Waals surface area contributed by atoms with Crippen LogP contribution in [-0.2, 0) is 0 Å². The second-order valence-corrected chi connectivity index (χ2v) is 11.9. The molecule has 0 heterocycles. The van der Waals surface area contributed by atoms with Crippen LogP contribution in [0.5, 0.6) is 11.5 Å². The van der Waals surface area contributed by atoms with E-state index < -0.39 is 12.6 Å². The summed E-state index contributed by atoms with van der Waals surface area (Å²) in [7, 11) is 0. The summed E-state index contributed by atoms with van der Waals surface area (Å²) in [5, 5.41) is 19.3. The van der Waals surface area contributed by atoms with E-state index in [1.807, 2.05) is 48.5 Å². The smallest absolute Gasteiger partial charge is 0.194 e. The molecule has 0 amide bonds. The fourth-order valence-electron chi connectivity index (χ4n) is 5.63. The van der Waals surface area contributed by atoms with Crippen molar-refractivity contribution in [2.24, 2.45) is 0 Å². The van der Waals surface area contributed by atoms with Gasteiger partial charge in [-0.25, -0.2) is 0 Å². The Bertz CT molecular complexity index is 1800. The van der Waals surface area contributed by atoms with Crippen LogP contribution in [-0.4, -0.2) is 22.8 Å². The van der Waals surface area contributed by atoms with E-state index in [1.165, 1.54) is 11.1 Å². The third-order valence-corrected chi connectivity index (χ3v) is 7.97. The summed E-state index contributed by atoms with van der Waals surface area (Å²) in [4.78, 5) is 4.41. The third-order valence-electron chi connectivity index (χ3n) is 7.97. The lowest BCUT2D eigenvalue weighted by molar-refractivity contribution is -0.000859. The van der Waals surface area contributed by atoms with Crippen LogP contribution < -0.4 is 19.3 Å². The summed E-state index contributed by atoms with van der Waals surface area (Å²) >= 11 is 0. The Kier molecular flexibility index (Phi) is 9.76. The van der Waals surface area contributed by atoms with Gasteiger partial charge in [0.25, 0.3) is 0 Å². The lowest BCUT2D eigenvalue weighted by atomic mass is 10.0. The van der Waals surface area contributed by atoms with E-state index in [1.54, 1.807) is 13.8 Å². The maximum absolute atomic E-state index is 9.65. The zero-order valence-corrected chi connectivity index (χ0v) is 27.6. The molecule has 2 atom stereocenters. The first-order valence-corrected chi connectivity index (χ1v) is 16.1. The quantitative estimate of drug-likeness (QED) is 0.138. The van der Waals surface area contributed by atoms with Crippen molar-refractivity contribution in [1.82, 2.24) is 0 Å². The van der Waals surface area contributed by atoms with Crippen molar-refractivity contribution in [3.8, 4) is 22.6 Å². The largest absolute Gasteiger partial charge is 0.465 e. The number of rotatable bonds is 11. The third kappa shape index (κ3) is 7.69. The average Bonchev–Trinajstić information content (AvgIpc) is 3.08. The number of aryl methyl sites for hydroxylation is 2. The van der Waals surface area contributed by atoms with Crippen LogP contribution in [0.15, 0.2) is 146 Å². The highest BCUT2D eigenvalue weighted by Gasteiger charge is 2.16. The van der Waals surface area contributed by atoms with Crippen LogP contribution in [0.3, 0.4) is 0 Å². The van der Waals surface area contributed by atoms with Gasteiger partial charge in [-0.05, 0) is 136 Å². The van der Waals surface area contributed by atoms with E-state index in [0.717, 1.165) is 45.3 Å². The molecule has 2 unspecified atom stereocenters. The number of ether oxygens (including phenoxy) is 2. The van der Waals surface area contributed by atoms with Gasteiger partial charge in [-0.15, -0.1) is 0 Å². The zero-order valence-electron chi connectivity index (χ0n) is 27.6. The van der Waals surface area contributed by atoms with Crippen LogP contribution >= 0.6 is 0 Å². The molecule has 48 heavy (non-hydrogen) atoms. The maximum atomic E-state index is 9.65. The van der Waals surface area contributed by atoms with Crippen molar-refractivity contribution in [2.45, 2.75) is 40.3 Å². The van der Waals surface area contributed by atoms with E-state index in [2.05, 4.69) is 121 Å². The van der Waals surface area contributed by atoms with Crippen molar-refractivity contribution in [3.63, 3.8) is 0 Å². The second-order valence-electron chi connectivity index (χ2n) is 11.9. The summed E-state index contributed by atoms with van der Waals surface area (Å²) < 4.78 is 10.9. The van der Waals surface area contributed by atoms with E-state index >= 15 is 0 Å². The molecule has 0 saturated carbocycles. The van der Waals surface area contributed by atoms with Gasteiger partial charge in [-0.1, -0.05) is 59.7 Å². The van der Waals surface area contributed by atoms with Gasteiger partial charge in [0.15, 0.2) is 12.6 Å². The Labute approximate surface area is 282 Å². The summed E-state index contributed by atoms with van der Waals surface area (Å²) in [5.41, 5.74) is 10.8. The van der Waals surface area contributed by atoms with Gasteiger partial charge >= 0.3 is 0 Å². The first-order chi connectivity index (χ1) is 23.2. The Morgan fingerprint density at radius 1 is 0.375 bits per heavy atom. The average molecular weight is 637 g/mol. The summed E-state index contributed by atoms with van der Waals surface area (Å²) in [6, 6.07) is 49.6. The molecule has 0 bridgehead atoms. The van der Waals surface area contributed by atoms with Crippen molar-refractivity contribution < 1.29 is 19.7 Å². The minimum atomic E-state index is -0.900. The molecule has 6 aromatic rings. The first kappa shape index (κ1) is 32.4. The van der Waals surface area contributed by atoms with Gasteiger partial charge in [0.05, 0.1) is 0 Å². The zero-order chi connectivity index (χ0) is 33.6. The summed E-state index contributed by atoms with van der Waals surface area (Å²) in [5.74, 6) is 1.16. The summed E-state index contributed by atoms with van der Waals surface area (Å²) in [6.45, 7) is 7.37. The van der Waals surface area contributed by atoms with Gasteiger partial charge < -0.3 is 29.5 Å². The van der Waals surface area contributed by atoms with Crippen molar-refractivity contribution in [3.05, 3.63) is 157 Å². The predicted octanol–water partition coefficient (Wildman–Crippen LogP) is 10.3. The van der Waals surface area contributed by atoms with Crippen LogP contribution in [0.2, 0.25) is 0 Å². The minimum absolute atomic E-state index is 0.580. The van der Waals surface area contributed by atoms with E-state index in [-0.39, 0.29) is 0 Å². The van der Waals surface area contributed by atoms with E-state index in [4.69, 9.17) is 9.47 Å². The van der Waals surface area contributed by atoms with Crippen molar-refractivity contribution >= 4 is 34.1 Å². The molecule has 0 aliphatic carbocycles. The van der Waals surface area contributed by atoms with E-state index in [0.29, 0.717) is 11.5 Å². The molecule has 0 radical (unpaired) electrons. The topological polar surface area (TPSA) is 65.4 Å². The molecule has 6 aromatic carbocycles. The van der Waals surface area contributed by atoms with Crippen LogP contribution in [0.4, 0.5) is 34.1 Å². The summed E-state index contributed by atoms with van der Waals surface area (Å²) in [6.07, 6.45) is -1.80. The number of hydrogen-bond acceptors (Lipinski definition) is 6. The molecule has 6 nitrogen and oxygen atoms in total. The Morgan fingerprint density at radius 2 is 0.604 bits per heavy atom. The van der Waals surface area contributed by atoms with Crippen LogP contribution in [0, 0.1) is 13.8 Å². The Balaban J connectivity index is 1.30. The van der Waals surface area contributed by atoms with Gasteiger partial charge in [-0.2, -0.15) is 0 Å². The van der Waals surface area contributed by atoms with Gasteiger partial charge in [0.2, 0.25) is 0 Å². The van der Waals surface area contributed by atoms with Crippen molar-refractivity contribution in [2.75, 3.05) is 9.80 Å². The second kappa shape index (κ2) is 14.5. The maximum Gasteiger partial charge on any atom is 0.194 e. The molecule has 0 aromatic heterocycles. The molecule has 6 heteroatoms. The molecule has 2 N–H and O–H groups in total. The highest BCUT2D eigenvalue weighted by molar-refractivity contribution is 5.81. The molecule has 6 rings (SSSR count). The fourth-order valence-corrected chi connectivity index (χ4v) is 5.63. The normalized spacial score (nSPS) is 12.2. The Morgan fingerprint density at radius 3 is 0.854 bits per heavy atom. The minimum Gasteiger partial charge on any atom is -0.465 e.